The summed E-state index contributed by atoms with van der Waals surface area (Å²) in [4.78, 5) is 41.8. The molecule has 2 amide bonds. The summed E-state index contributed by atoms with van der Waals surface area (Å²) in [5, 5.41) is 0. The average molecular weight is 447 g/mol. The van der Waals surface area contributed by atoms with Crippen LogP contribution in [0.1, 0.15) is 52.4 Å². The normalized spacial score (nSPS) is 20.1. The minimum Gasteiger partial charge on any atom is -0.497 e. The maximum atomic E-state index is 13.0. The van der Waals surface area contributed by atoms with Crippen LogP contribution in [0.2, 0.25) is 0 Å². The maximum Gasteiger partial charge on any atom is 0.312 e. The van der Waals surface area contributed by atoms with E-state index >= 15 is 0 Å². The molecule has 1 aliphatic carbocycles. The molecule has 0 N–H and O–H groups in total. The van der Waals surface area contributed by atoms with Crippen LogP contribution >= 0.6 is 0 Å². The van der Waals surface area contributed by atoms with Gasteiger partial charge in [0, 0.05) is 31.6 Å². The highest BCUT2D eigenvalue weighted by atomic mass is 16.5. The van der Waals surface area contributed by atoms with Crippen molar-refractivity contribution in [3.63, 3.8) is 0 Å². The van der Waals surface area contributed by atoms with Crippen molar-refractivity contribution >= 4 is 23.5 Å². The molecule has 1 aliphatic heterocycles. The molecule has 8 heteroatoms. The van der Waals surface area contributed by atoms with Crippen molar-refractivity contribution in [3.05, 3.63) is 18.2 Å². The van der Waals surface area contributed by atoms with Crippen LogP contribution in [0.5, 0.6) is 11.5 Å². The summed E-state index contributed by atoms with van der Waals surface area (Å²) in [5.41, 5.74) is 0.576. The lowest BCUT2D eigenvalue weighted by atomic mass is 9.94. The van der Waals surface area contributed by atoms with Gasteiger partial charge < -0.3 is 24.0 Å². The number of carbonyl (C=O) groups is 3. The van der Waals surface area contributed by atoms with Crippen molar-refractivity contribution in [2.24, 2.45) is 5.92 Å². The molecule has 0 bridgehead atoms. The molecule has 1 aromatic rings. The molecule has 1 aromatic carbocycles. The summed E-state index contributed by atoms with van der Waals surface area (Å²) in [5.74, 6) is -0.402. The van der Waals surface area contributed by atoms with Crippen molar-refractivity contribution in [2.75, 3.05) is 32.2 Å². The van der Waals surface area contributed by atoms with Crippen LogP contribution in [0.15, 0.2) is 18.2 Å². The van der Waals surface area contributed by atoms with E-state index in [-0.39, 0.29) is 30.8 Å². The van der Waals surface area contributed by atoms with Crippen LogP contribution < -0.4 is 14.4 Å². The molecule has 1 saturated heterocycles. The third-order valence-corrected chi connectivity index (χ3v) is 6.42. The molecule has 32 heavy (non-hydrogen) atoms. The number of hydrogen-bond donors (Lipinski definition) is 0. The molecule has 0 spiro atoms. The number of hydrogen-bond acceptors (Lipinski definition) is 6. The Hall–Kier alpha value is -2.77. The van der Waals surface area contributed by atoms with Crippen molar-refractivity contribution < 1.29 is 28.6 Å². The molecule has 176 valence electrons. The van der Waals surface area contributed by atoms with E-state index in [1.807, 2.05) is 11.8 Å². The number of likely N-dealkylation sites (N-methyl/N-ethyl adjacent to an activating group) is 1. The van der Waals surface area contributed by atoms with Crippen molar-refractivity contribution in [1.82, 2.24) is 4.90 Å². The van der Waals surface area contributed by atoms with Gasteiger partial charge >= 0.3 is 5.97 Å². The van der Waals surface area contributed by atoms with Crippen molar-refractivity contribution in [2.45, 2.75) is 64.5 Å². The number of anilines is 1. The number of ether oxygens (including phenoxy) is 3. The lowest BCUT2D eigenvalue weighted by Gasteiger charge is -2.35. The van der Waals surface area contributed by atoms with Gasteiger partial charge in [0.2, 0.25) is 5.91 Å². The van der Waals surface area contributed by atoms with Gasteiger partial charge in [-0.2, -0.15) is 0 Å². The summed E-state index contributed by atoms with van der Waals surface area (Å²) < 4.78 is 16.1. The Labute approximate surface area is 189 Å². The molecular weight excluding hydrogens is 412 g/mol. The standard InChI is InChI=1S/C24H34N2O6/c1-5-25(18-9-7-6-8-10-18)23(28)16(2)32-24(29)17-13-22(27)26(15-17)20-12-11-19(30-3)14-21(20)31-4/h11-12,14,16-18H,5-10,13,15H2,1-4H3/t16-,17+/m0/s1. The van der Waals surface area contributed by atoms with Gasteiger partial charge in [-0.05, 0) is 38.8 Å². The summed E-state index contributed by atoms with van der Waals surface area (Å²) in [6.45, 7) is 4.35. The molecule has 0 radical (unpaired) electrons. The van der Waals surface area contributed by atoms with E-state index in [4.69, 9.17) is 14.2 Å². The van der Waals surface area contributed by atoms with Crippen LogP contribution in [0, 0.1) is 5.92 Å². The number of methoxy groups -OCH3 is 2. The van der Waals surface area contributed by atoms with Gasteiger partial charge in [0.15, 0.2) is 6.10 Å². The highest BCUT2D eigenvalue weighted by Gasteiger charge is 2.39. The largest absolute Gasteiger partial charge is 0.497 e. The minimum absolute atomic E-state index is 0.0368. The summed E-state index contributed by atoms with van der Waals surface area (Å²) in [6, 6.07) is 5.38. The number of amides is 2. The molecule has 0 unspecified atom stereocenters. The smallest absolute Gasteiger partial charge is 0.312 e. The Balaban J connectivity index is 1.63. The second-order valence-electron chi connectivity index (χ2n) is 8.44. The van der Waals surface area contributed by atoms with E-state index in [1.54, 1.807) is 32.2 Å². The molecule has 8 nitrogen and oxygen atoms in total. The van der Waals surface area contributed by atoms with Crippen LogP contribution in [0.3, 0.4) is 0 Å². The third-order valence-electron chi connectivity index (χ3n) is 6.42. The molecule has 1 heterocycles. The zero-order chi connectivity index (χ0) is 23.3. The Morgan fingerprint density at radius 2 is 1.88 bits per heavy atom. The lowest BCUT2D eigenvalue weighted by molar-refractivity contribution is -0.163. The number of rotatable bonds is 8. The Kier molecular flexibility index (Phi) is 7.99. The first-order valence-electron chi connectivity index (χ1n) is 11.4. The van der Waals surface area contributed by atoms with Crippen molar-refractivity contribution in [1.29, 1.82) is 0 Å². The second-order valence-corrected chi connectivity index (χ2v) is 8.44. The van der Waals surface area contributed by atoms with Gasteiger partial charge in [0.05, 0.1) is 25.8 Å². The number of nitrogens with zero attached hydrogens (tertiary/aromatic N) is 2. The molecule has 2 fully saturated rings. The number of benzene rings is 1. The van der Waals surface area contributed by atoms with Gasteiger partial charge in [-0.25, -0.2) is 0 Å². The fourth-order valence-electron chi connectivity index (χ4n) is 4.65. The van der Waals surface area contributed by atoms with E-state index in [0.29, 0.717) is 23.7 Å². The predicted molar refractivity (Wildman–Crippen MR) is 120 cm³/mol. The van der Waals surface area contributed by atoms with Gasteiger partial charge in [0.25, 0.3) is 5.91 Å². The summed E-state index contributed by atoms with van der Waals surface area (Å²) >= 11 is 0. The number of carbonyl (C=O) groups excluding carboxylic acids is 3. The quantitative estimate of drug-likeness (QED) is 0.570. The zero-order valence-corrected chi connectivity index (χ0v) is 19.5. The second kappa shape index (κ2) is 10.7. The lowest BCUT2D eigenvalue weighted by Crippen LogP contribution is -2.47. The van der Waals surface area contributed by atoms with Crippen LogP contribution in [0.4, 0.5) is 5.69 Å². The van der Waals surface area contributed by atoms with Crippen LogP contribution in [-0.4, -0.2) is 62.1 Å². The SMILES string of the molecule is CCN(C(=O)[C@H](C)OC(=O)[C@@H]1CC(=O)N(c2ccc(OC)cc2OC)C1)C1CCCCC1. The Morgan fingerprint density at radius 3 is 2.50 bits per heavy atom. The summed E-state index contributed by atoms with van der Waals surface area (Å²) in [7, 11) is 3.07. The highest BCUT2D eigenvalue weighted by molar-refractivity contribution is 6.01. The van der Waals surface area contributed by atoms with Crippen molar-refractivity contribution in [3.8, 4) is 11.5 Å². The molecular formula is C24H34N2O6. The molecule has 2 aliphatic rings. The zero-order valence-electron chi connectivity index (χ0n) is 19.5. The summed E-state index contributed by atoms with van der Waals surface area (Å²) in [6.07, 6.45) is 4.61. The van der Waals surface area contributed by atoms with Gasteiger partial charge in [-0.15, -0.1) is 0 Å². The first-order valence-corrected chi connectivity index (χ1v) is 11.4. The highest BCUT2D eigenvalue weighted by Crippen LogP contribution is 2.36. The molecule has 1 saturated carbocycles. The first-order chi connectivity index (χ1) is 15.4. The third kappa shape index (κ3) is 5.16. The fourth-order valence-corrected chi connectivity index (χ4v) is 4.65. The monoisotopic (exact) mass is 446 g/mol. The van der Waals surface area contributed by atoms with Crippen LogP contribution in [-0.2, 0) is 19.1 Å². The topological polar surface area (TPSA) is 85.4 Å². The first kappa shape index (κ1) is 23.9. The van der Waals surface area contributed by atoms with Gasteiger partial charge in [0.1, 0.15) is 11.5 Å². The predicted octanol–water partition coefficient (Wildman–Crippen LogP) is 3.17. The Bertz CT molecular complexity index is 836. The fraction of sp³-hybridized carbons (Fsp3) is 0.625. The van der Waals surface area contributed by atoms with E-state index in [1.165, 1.54) is 18.4 Å². The van der Waals surface area contributed by atoms with Gasteiger partial charge in [-0.3, -0.25) is 14.4 Å². The Morgan fingerprint density at radius 1 is 1.16 bits per heavy atom. The minimum atomic E-state index is -0.871. The van der Waals surface area contributed by atoms with E-state index < -0.39 is 18.0 Å². The van der Waals surface area contributed by atoms with E-state index in [9.17, 15) is 14.4 Å². The average Bonchev–Trinajstić information content (AvgIpc) is 3.21. The molecule has 0 aromatic heterocycles. The molecule has 2 atom stereocenters. The number of esters is 1. The van der Waals surface area contributed by atoms with Gasteiger partial charge in [-0.1, -0.05) is 19.3 Å². The maximum absolute atomic E-state index is 13.0. The molecule has 3 rings (SSSR count). The van der Waals surface area contributed by atoms with Crippen LogP contribution in [0.25, 0.3) is 0 Å². The van der Waals surface area contributed by atoms with E-state index in [2.05, 4.69) is 0 Å². The van der Waals surface area contributed by atoms with E-state index in [0.717, 1.165) is 25.7 Å².